The zero-order valence-electron chi connectivity index (χ0n) is 10.7. The predicted octanol–water partition coefficient (Wildman–Crippen LogP) is 1.97. The van der Waals surface area contributed by atoms with E-state index < -0.39 is 20.5 Å². The quantitative estimate of drug-likeness (QED) is 0.924. The number of hydrogen-bond acceptors (Lipinski definition) is 4. The SMILES string of the molecule is CC(C)(C(=O)Nc1cc(Cl)ccc1C#N)S(C)(=O)=O. The van der Waals surface area contributed by atoms with Crippen molar-refractivity contribution in [2.45, 2.75) is 18.6 Å². The molecule has 0 unspecified atom stereocenters. The first-order valence-electron chi connectivity index (χ1n) is 5.30. The van der Waals surface area contributed by atoms with Crippen LogP contribution in [0.5, 0.6) is 0 Å². The van der Waals surface area contributed by atoms with Crippen LogP contribution >= 0.6 is 11.6 Å². The van der Waals surface area contributed by atoms with Crippen molar-refractivity contribution in [1.29, 1.82) is 5.26 Å². The van der Waals surface area contributed by atoms with E-state index in [9.17, 15) is 13.2 Å². The highest BCUT2D eigenvalue weighted by Crippen LogP contribution is 2.23. The van der Waals surface area contributed by atoms with Crippen molar-refractivity contribution < 1.29 is 13.2 Å². The number of hydrogen-bond donors (Lipinski definition) is 1. The highest BCUT2D eigenvalue weighted by molar-refractivity contribution is 7.92. The molecule has 1 rings (SSSR count). The van der Waals surface area contributed by atoms with E-state index in [4.69, 9.17) is 16.9 Å². The molecule has 102 valence electrons. The molecule has 1 N–H and O–H groups in total. The number of nitrogens with zero attached hydrogens (tertiary/aromatic N) is 1. The van der Waals surface area contributed by atoms with E-state index in [1.165, 1.54) is 32.0 Å². The van der Waals surface area contributed by atoms with E-state index in [2.05, 4.69) is 5.32 Å². The maximum absolute atomic E-state index is 12.0. The van der Waals surface area contributed by atoms with Gasteiger partial charge < -0.3 is 5.32 Å². The summed E-state index contributed by atoms with van der Waals surface area (Å²) in [7, 11) is -3.58. The van der Waals surface area contributed by atoms with Crippen LogP contribution in [0.4, 0.5) is 5.69 Å². The Morgan fingerprint density at radius 3 is 2.47 bits per heavy atom. The molecule has 0 saturated carbocycles. The maximum Gasteiger partial charge on any atom is 0.245 e. The van der Waals surface area contributed by atoms with E-state index in [1.54, 1.807) is 0 Å². The van der Waals surface area contributed by atoms with Gasteiger partial charge in [-0.15, -0.1) is 0 Å². The number of halogens is 1. The van der Waals surface area contributed by atoms with Crippen LogP contribution in [0.25, 0.3) is 0 Å². The summed E-state index contributed by atoms with van der Waals surface area (Å²) in [5.74, 6) is -0.714. The van der Waals surface area contributed by atoms with Gasteiger partial charge in [-0.2, -0.15) is 5.26 Å². The molecular formula is C12H13ClN2O3S. The van der Waals surface area contributed by atoms with Gasteiger partial charge >= 0.3 is 0 Å². The number of carbonyl (C=O) groups is 1. The molecule has 0 aromatic heterocycles. The highest BCUT2D eigenvalue weighted by atomic mass is 35.5. The summed E-state index contributed by atoms with van der Waals surface area (Å²) in [6.07, 6.45) is 0.982. The third-order valence-electron chi connectivity index (χ3n) is 2.82. The summed E-state index contributed by atoms with van der Waals surface area (Å²) in [4.78, 5) is 12.0. The fourth-order valence-corrected chi connectivity index (χ4v) is 1.72. The van der Waals surface area contributed by atoms with Gasteiger partial charge in [-0.05, 0) is 32.0 Å². The molecule has 7 heteroatoms. The second kappa shape index (κ2) is 5.19. The lowest BCUT2D eigenvalue weighted by Crippen LogP contribution is -2.44. The predicted molar refractivity (Wildman–Crippen MR) is 73.7 cm³/mol. The molecule has 0 bridgehead atoms. The number of nitriles is 1. The Labute approximate surface area is 117 Å². The molecule has 0 heterocycles. The lowest BCUT2D eigenvalue weighted by atomic mass is 10.1. The summed E-state index contributed by atoms with van der Waals surface area (Å²) >= 11 is 5.78. The first-order chi connectivity index (χ1) is 8.59. The normalized spacial score (nSPS) is 11.7. The maximum atomic E-state index is 12.0. The van der Waals surface area contributed by atoms with Crippen molar-refractivity contribution in [2.24, 2.45) is 0 Å². The average molecular weight is 301 g/mol. The van der Waals surface area contributed by atoms with Crippen LogP contribution in [-0.4, -0.2) is 25.3 Å². The lowest BCUT2D eigenvalue weighted by molar-refractivity contribution is -0.117. The van der Waals surface area contributed by atoms with E-state index in [0.29, 0.717) is 5.02 Å². The molecule has 19 heavy (non-hydrogen) atoms. The summed E-state index contributed by atoms with van der Waals surface area (Å²) in [6, 6.07) is 6.26. The fraction of sp³-hybridized carbons (Fsp3) is 0.333. The number of carbonyl (C=O) groups excluding carboxylic acids is 1. The summed E-state index contributed by atoms with van der Waals surface area (Å²) in [5.41, 5.74) is 0.402. The number of amides is 1. The van der Waals surface area contributed by atoms with E-state index in [-0.39, 0.29) is 11.3 Å². The minimum Gasteiger partial charge on any atom is -0.323 e. The molecule has 5 nitrogen and oxygen atoms in total. The van der Waals surface area contributed by atoms with Gasteiger partial charge in [0.25, 0.3) is 0 Å². The Hall–Kier alpha value is -1.58. The van der Waals surface area contributed by atoms with Crippen molar-refractivity contribution in [3.05, 3.63) is 28.8 Å². The molecule has 1 aromatic rings. The zero-order valence-corrected chi connectivity index (χ0v) is 12.3. The van der Waals surface area contributed by atoms with Crippen LogP contribution < -0.4 is 5.32 Å². The standard InChI is InChI=1S/C12H13ClN2O3S/c1-12(2,19(3,17)18)11(16)15-10-6-9(13)5-4-8(10)7-14/h4-6H,1-3H3,(H,15,16). The monoisotopic (exact) mass is 300 g/mol. The van der Waals surface area contributed by atoms with Crippen LogP contribution in [-0.2, 0) is 14.6 Å². The van der Waals surface area contributed by atoms with Crippen LogP contribution in [0.2, 0.25) is 5.02 Å². The Balaban J connectivity index is 3.15. The first kappa shape index (κ1) is 15.5. The Morgan fingerprint density at radius 2 is 2.00 bits per heavy atom. The molecule has 0 aliphatic carbocycles. The molecule has 0 radical (unpaired) electrons. The number of sulfone groups is 1. The van der Waals surface area contributed by atoms with E-state index >= 15 is 0 Å². The Kier molecular flexibility index (Phi) is 4.23. The van der Waals surface area contributed by atoms with Crippen LogP contribution in [0.3, 0.4) is 0 Å². The minimum absolute atomic E-state index is 0.191. The van der Waals surface area contributed by atoms with Crippen LogP contribution in [0.1, 0.15) is 19.4 Å². The van der Waals surface area contributed by atoms with Crippen LogP contribution in [0.15, 0.2) is 18.2 Å². The molecule has 1 amide bonds. The molecule has 0 aliphatic heterocycles. The van der Waals surface area contributed by atoms with Crippen molar-refractivity contribution in [1.82, 2.24) is 0 Å². The Bertz CT molecular complexity index is 660. The molecule has 0 saturated heterocycles. The fourth-order valence-electron chi connectivity index (χ4n) is 1.16. The topological polar surface area (TPSA) is 87.0 Å². The summed E-state index contributed by atoms with van der Waals surface area (Å²) in [5, 5.41) is 11.7. The number of rotatable bonds is 3. The minimum atomic E-state index is -3.58. The second-order valence-corrected chi connectivity index (χ2v) is 7.54. The lowest BCUT2D eigenvalue weighted by Gasteiger charge is -2.21. The average Bonchev–Trinajstić information content (AvgIpc) is 2.27. The molecule has 0 atom stereocenters. The van der Waals surface area contributed by atoms with Gasteiger partial charge in [0, 0.05) is 11.3 Å². The molecule has 0 fully saturated rings. The van der Waals surface area contributed by atoms with Gasteiger partial charge in [0.15, 0.2) is 9.84 Å². The van der Waals surface area contributed by atoms with Crippen molar-refractivity contribution >= 4 is 33.0 Å². The van der Waals surface area contributed by atoms with Crippen molar-refractivity contribution in [3.8, 4) is 6.07 Å². The highest BCUT2D eigenvalue weighted by Gasteiger charge is 2.38. The van der Waals surface area contributed by atoms with Gasteiger partial charge in [-0.25, -0.2) is 8.42 Å². The second-order valence-electron chi connectivity index (χ2n) is 4.54. The van der Waals surface area contributed by atoms with Gasteiger partial charge in [-0.3, -0.25) is 4.79 Å². The molecule has 0 aliphatic rings. The molecule has 0 spiro atoms. The third-order valence-corrected chi connectivity index (χ3v) is 5.10. The van der Waals surface area contributed by atoms with E-state index in [0.717, 1.165) is 6.26 Å². The largest absolute Gasteiger partial charge is 0.323 e. The zero-order chi connectivity index (χ0) is 14.8. The van der Waals surface area contributed by atoms with Gasteiger partial charge in [-0.1, -0.05) is 11.6 Å². The van der Waals surface area contributed by atoms with Gasteiger partial charge in [0.1, 0.15) is 10.8 Å². The van der Waals surface area contributed by atoms with E-state index in [1.807, 2.05) is 6.07 Å². The summed E-state index contributed by atoms with van der Waals surface area (Å²) < 4.78 is 21.5. The number of anilines is 1. The van der Waals surface area contributed by atoms with Crippen molar-refractivity contribution in [3.63, 3.8) is 0 Å². The third kappa shape index (κ3) is 3.25. The smallest absolute Gasteiger partial charge is 0.245 e. The first-order valence-corrected chi connectivity index (χ1v) is 7.57. The molecule has 1 aromatic carbocycles. The van der Waals surface area contributed by atoms with Crippen molar-refractivity contribution in [2.75, 3.05) is 11.6 Å². The number of nitrogens with one attached hydrogen (secondary N) is 1. The molecular weight excluding hydrogens is 288 g/mol. The summed E-state index contributed by atoms with van der Waals surface area (Å²) in [6.45, 7) is 2.60. The van der Waals surface area contributed by atoms with Gasteiger partial charge in [0.2, 0.25) is 5.91 Å². The van der Waals surface area contributed by atoms with Crippen LogP contribution in [0, 0.1) is 11.3 Å². The van der Waals surface area contributed by atoms with Gasteiger partial charge in [0.05, 0.1) is 11.3 Å². The number of benzene rings is 1. The Morgan fingerprint density at radius 1 is 1.42 bits per heavy atom.